The monoisotopic (exact) mass is 311 g/mol. The third kappa shape index (κ3) is 3.23. The first-order chi connectivity index (χ1) is 9.66. The highest BCUT2D eigenvalue weighted by Gasteiger charge is 2.26. The molecular formula is C16H22ClNO3. The van der Waals surface area contributed by atoms with Gasteiger partial charge in [-0.05, 0) is 62.4 Å². The van der Waals surface area contributed by atoms with Crippen molar-refractivity contribution in [2.24, 2.45) is 5.92 Å². The van der Waals surface area contributed by atoms with Crippen LogP contribution in [0.4, 0.5) is 0 Å². The van der Waals surface area contributed by atoms with Crippen molar-refractivity contribution < 1.29 is 14.6 Å². The molecule has 4 nitrogen and oxygen atoms in total. The smallest absolute Gasteiger partial charge is 0.338 e. The summed E-state index contributed by atoms with van der Waals surface area (Å²) < 4.78 is 5.06. The Hall–Kier alpha value is -1.10. The zero-order chi connectivity index (χ0) is 14.1. The van der Waals surface area contributed by atoms with Crippen LogP contribution in [0.5, 0.6) is 0 Å². The summed E-state index contributed by atoms with van der Waals surface area (Å²) >= 11 is 0. The van der Waals surface area contributed by atoms with Crippen molar-refractivity contribution in [2.75, 3.05) is 13.1 Å². The van der Waals surface area contributed by atoms with E-state index in [1.807, 2.05) is 13.0 Å². The lowest BCUT2D eigenvalue weighted by Gasteiger charge is -2.25. The lowest BCUT2D eigenvalue weighted by Crippen LogP contribution is -2.28. The molecule has 1 unspecified atom stereocenters. The van der Waals surface area contributed by atoms with Crippen LogP contribution in [0.1, 0.15) is 52.4 Å². The number of piperidine rings is 1. The molecule has 1 fully saturated rings. The number of hydrogen-bond donors (Lipinski definition) is 2. The first kappa shape index (κ1) is 16.3. The predicted octanol–water partition coefficient (Wildman–Crippen LogP) is 2.51. The summed E-state index contributed by atoms with van der Waals surface area (Å²) in [6, 6.07) is 3.67. The van der Waals surface area contributed by atoms with E-state index in [9.17, 15) is 9.90 Å². The molecule has 2 aliphatic rings. The maximum absolute atomic E-state index is 11.5. The molecule has 1 saturated heterocycles. The Bertz CT molecular complexity index is 526. The van der Waals surface area contributed by atoms with E-state index in [-0.39, 0.29) is 18.4 Å². The van der Waals surface area contributed by atoms with Crippen molar-refractivity contribution in [3.05, 3.63) is 34.4 Å². The van der Waals surface area contributed by atoms with Crippen molar-refractivity contribution in [2.45, 2.75) is 38.9 Å². The van der Waals surface area contributed by atoms with Crippen molar-refractivity contribution in [3.8, 4) is 0 Å². The van der Waals surface area contributed by atoms with Crippen LogP contribution in [0.25, 0.3) is 0 Å². The van der Waals surface area contributed by atoms with Gasteiger partial charge in [-0.25, -0.2) is 4.79 Å². The van der Waals surface area contributed by atoms with Gasteiger partial charge in [0.25, 0.3) is 0 Å². The number of rotatable bonds is 3. The lowest BCUT2D eigenvalue weighted by molar-refractivity contribution is 0.0535. The van der Waals surface area contributed by atoms with Crippen molar-refractivity contribution in [3.63, 3.8) is 0 Å². The van der Waals surface area contributed by atoms with Crippen molar-refractivity contribution in [1.29, 1.82) is 0 Å². The van der Waals surface area contributed by atoms with Crippen LogP contribution in [0.15, 0.2) is 12.1 Å². The first-order valence-corrected chi connectivity index (χ1v) is 7.35. The second kappa shape index (κ2) is 6.77. The number of carbonyl (C=O) groups excluding carboxylic acids is 1. The number of hydrogen-bond acceptors (Lipinski definition) is 4. The number of aliphatic hydroxyl groups excluding tert-OH is 1. The van der Waals surface area contributed by atoms with Gasteiger partial charge in [0.1, 0.15) is 6.61 Å². The van der Waals surface area contributed by atoms with Crippen LogP contribution >= 0.6 is 12.4 Å². The molecule has 0 aromatic heterocycles. The topological polar surface area (TPSA) is 58.6 Å². The molecule has 1 atom stereocenters. The van der Waals surface area contributed by atoms with Crippen molar-refractivity contribution >= 4 is 18.4 Å². The third-order valence-electron chi connectivity index (χ3n) is 4.58. The molecule has 2 N–H and O–H groups in total. The Labute approximate surface area is 131 Å². The number of carbonyl (C=O) groups is 1. The highest BCUT2D eigenvalue weighted by Crippen LogP contribution is 2.32. The highest BCUT2D eigenvalue weighted by molar-refractivity contribution is 5.93. The molecule has 2 aliphatic heterocycles. The second-order valence-electron chi connectivity index (χ2n) is 5.83. The summed E-state index contributed by atoms with van der Waals surface area (Å²) in [5, 5.41) is 13.8. The highest BCUT2D eigenvalue weighted by atomic mass is 35.5. The minimum absolute atomic E-state index is 0. The Kier molecular flexibility index (Phi) is 5.25. The van der Waals surface area contributed by atoms with Gasteiger partial charge in [0.2, 0.25) is 0 Å². The van der Waals surface area contributed by atoms with Gasteiger partial charge in [-0.3, -0.25) is 0 Å². The van der Waals surface area contributed by atoms with Crippen molar-refractivity contribution in [1.82, 2.24) is 5.32 Å². The average molecular weight is 312 g/mol. The molecule has 0 aliphatic carbocycles. The van der Waals surface area contributed by atoms with E-state index in [0.717, 1.165) is 49.0 Å². The summed E-state index contributed by atoms with van der Waals surface area (Å²) in [5.41, 5.74) is 3.55. The number of cyclic esters (lactones) is 1. The fourth-order valence-electron chi connectivity index (χ4n) is 3.29. The summed E-state index contributed by atoms with van der Waals surface area (Å²) in [7, 11) is 0. The van der Waals surface area contributed by atoms with Crippen LogP contribution in [0, 0.1) is 12.8 Å². The summed E-state index contributed by atoms with van der Waals surface area (Å²) in [4.78, 5) is 11.5. The molecular weight excluding hydrogens is 290 g/mol. The second-order valence-corrected chi connectivity index (χ2v) is 5.83. The Morgan fingerprint density at radius 2 is 2.10 bits per heavy atom. The molecule has 5 heteroatoms. The maximum atomic E-state index is 11.5. The van der Waals surface area contributed by atoms with Gasteiger partial charge in [-0.1, -0.05) is 6.07 Å². The predicted molar refractivity (Wildman–Crippen MR) is 82.7 cm³/mol. The summed E-state index contributed by atoms with van der Waals surface area (Å²) in [6.07, 6.45) is 2.61. The number of halogens is 1. The quantitative estimate of drug-likeness (QED) is 0.842. The van der Waals surface area contributed by atoms with Gasteiger partial charge in [-0.2, -0.15) is 0 Å². The minimum atomic E-state index is -0.445. The molecule has 0 bridgehead atoms. The fraction of sp³-hybridized carbons (Fsp3) is 0.562. The molecule has 21 heavy (non-hydrogen) atoms. The van der Waals surface area contributed by atoms with E-state index in [0.29, 0.717) is 18.1 Å². The first-order valence-electron chi connectivity index (χ1n) is 7.35. The SMILES string of the molecule is Cc1c(C(O)CC2CCNCC2)ccc2c1COC2=O.Cl. The van der Waals surface area contributed by atoms with Crippen LogP contribution in [-0.2, 0) is 11.3 Å². The molecule has 3 rings (SSSR count). The zero-order valence-electron chi connectivity index (χ0n) is 12.2. The number of aliphatic hydroxyl groups is 1. The van der Waals surface area contributed by atoms with E-state index in [4.69, 9.17) is 4.74 Å². The molecule has 0 saturated carbocycles. The van der Waals surface area contributed by atoms with Gasteiger partial charge in [0.05, 0.1) is 11.7 Å². The molecule has 0 radical (unpaired) electrons. The van der Waals surface area contributed by atoms with E-state index >= 15 is 0 Å². The van der Waals surface area contributed by atoms with Gasteiger partial charge in [-0.15, -0.1) is 12.4 Å². The standard InChI is InChI=1S/C16H21NO3.ClH/c1-10-12(2-3-13-14(10)9-20-16(13)19)15(18)8-11-4-6-17-7-5-11;/h2-3,11,15,17-18H,4-9H2,1H3;1H. The maximum Gasteiger partial charge on any atom is 0.338 e. The summed E-state index contributed by atoms with van der Waals surface area (Å²) in [5.74, 6) is 0.333. The van der Waals surface area contributed by atoms with E-state index < -0.39 is 6.10 Å². The normalized spacial score (nSPS) is 19.6. The molecule has 1 aromatic rings. The summed E-state index contributed by atoms with van der Waals surface area (Å²) in [6.45, 7) is 4.40. The minimum Gasteiger partial charge on any atom is -0.457 e. The molecule has 0 spiro atoms. The van der Waals surface area contributed by atoms with E-state index in [1.165, 1.54) is 0 Å². The third-order valence-corrected chi connectivity index (χ3v) is 4.58. The van der Waals surface area contributed by atoms with Gasteiger partial charge in [0, 0.05) is 5.56 Å². The fourth-order valence-corrected chi connectivity index (χ4v) is 3.29. The van der Waals surface area contributed by atoms with Crippen LogP contribution in [0.3, 0.4) is 0 Å². The molecule has 2 heterocycles. The number of fused-ring (bicyclic) bond motifs is 1. The molecule has 0 amide bonds. The van der Waals surface area contributed by atoms with Gasteiger partial charge >= 0.3 is 5.97 Å². The van der Waals surface area contributed by atoms with Crippen LogP contribution in [-0.4, -0.2) is 24.2 Å². The number of esters is 1. The zero-order valence-corrected chi connectivity index (χ0v) is 13.0. The Balaban J connectivity index is 0.00000161. The van der Waals surface area contributed by atoms with Gasteiger partial charge < -0.3 is 15.2 Å². The Morgan fingerprint density at radius 1 is 1.38 bits per heavy atom. The largest absolute Gasteiger partial charge is 0.457 e. The lowest BCUT2D eigenvalue weighted by atomic mass is 9.87. The van der Waals surface area contributed by atoms with Gasteiger partial charge in [0.15, 0.2) is 0 Å². The van der Waals surface area contributed by atoms with Crippen LogP contribution < -0.4 is 5.32 Å². The number of benzene rings is 1. The van der Waals surface area contributed by atoms with Crippen LogP contribution in [0.2, 0.25) is 0 Å². The number of nitrogens with one attached hydrogen (secondary N) is 1. The average Bonchev–Trinajstić information content (AvgIpc) is 2.83. The van der Waals surface area contributed by atoms with E-state index in [2.05, 4.69) is 5.32 Å². The molecule has 1 aromatic carbocycles. The molecule has 116 valence electrons. The number of ether oxygens (including phenoxy) is 1. The Morgan fingerprint density at radius 3 is 2.81 bits per heavy atom. The van der Waals surface area contributed by atoms with E-state index in [1.54, 1.807) is 6.07 Å².